The number of benzene rings is 2. The minimum atomic E-state index is -3.61. The highest BCUT2D eigenvalue weighted by Crippen LogP contribution is 2.28. The standard InChI is InChI=1S/C20H22N2O4S/c23-20-7-4-12-22(20)17-8-10-18(11-9-17)27(24,25)21-13-14-26-19(15-21)16-5-2-1-3-6-16/h1-3,5-6,8-11,19H,4,7,12-15H2. The monoisotopic (exact) mass is 386 g/mol. The highest BCUT2D eigenvalue weighted by molar-refractivity contribution is 7.89. The number of hydrogen-bond acceptors (Lipinski definition) is 4. The number of sulfonamides is 1. The summed E-state index contributed by atoms with van der Waals surface area (Å²) in [5, 5.41) is 0. The van der Waals surface area contributed by atoms with Gasteiger partial charge in [0.05, 0.1) is 17.6 Å². The topological polar surface area (TPSA) is 66.9 Å². The van der Waals surface area contributed by atoms with Crippen LogP contribution in [0, 0.1) is 0 Å². The van der Waals surface area contributed by atoms with Gasteiger partial charge in [-0.25, -0.2) is 8.42 Å². The number of nitrogens with zero attached hydrogens (tertiary/aromatic N) is 2. The molecule has 2 heterocycles. The molecule has 1 atom stereocenters. The van der Waals surface area contributed by atoms with Crippen LogP contribution in [0.1, 0.15) is 24.5 Å². The Hall–Kier alpha value is -2.22. The van der Waals surface area contributed by atoms with E-state index in [-0.39, 0.29) is 16.9 Å². The van der Waals surface area contributed by atoms with E-state index in [0.717, 1.165) is 17.7 Å². The van der Waals surface area contributed by atoms with Crippen molar-refractivity contribution in [2.45, 2.75) is 23.8 Å². The summed E-state index contributed by atoms with van der Waals surface area (Å²) in [5.74, 6) is 0.0875. The van der Waals surface area contributed by atoms with Gasteiger partial charge >= 0.3 is 0 Å². The van der Waals surface area contributed by atoms with Crippen LogP contribution in [-0.2, 0) is 19.6 Å². The van der Waals surface area contributed by atoms with Gasteiger partial charge in [0, 0.05) is 31.7 Å². The minimum Gasteiger partial charge on any atom is -0.371 e. The Morgan fingerprint density at radius 2 is 1.70 bits per heavy atom. The molecule has 0 N–H and O–H groups in total. The molecule has 0 spiro atoms. The molecule has 0 saturated carbocycles. The first-order valence-electron chi connectivity index (χ1n) is 9.13. The Balaban J connectivity index is 1.53. The van der Waals surface area contributed by atoms with E-state index in [1.54, 1.807) is 29.2 Å². The summed E-state index contributed by atoms with van der Waals surface area (Å²) in [5.41, 5.74) is 1.72. The molecule has 1 unspecified atom stereocenters. The predicted octanol–water partition coefficient (Wildman–Crippen LogP) is 2.58. The summed E-state index contributed by atoms with van der Waals surface area (Å²) in [6, 6.07) is 16.3. The number of hydrogen-bond donors (Lipinski definition) is 0. The molecule has 27 heavy (non-hydrogen) atoms. The van der Waals surface area contributed by atoms with Crippen molar-refractivity contribution in [3.63, 3.8) is 0 Å². The number of rotatable bonds is 4. The largest absolute Gasteiger partial charge is 0.371 e. The second-order valence-corrected chi connectivity index (χ2v) is 8.71. The van der Waals surface area contributed by atoms with Gasteiger partial charge < -0.3 is 9.64 Å². The second-order valence-electron chi connectivity index (χ2n) is 6.78. The molecular formula is C20H22N2O4S. The van der Waals surface area contributed by atoms with Crippen molar-refractivity contribution >= 4 is 21.6 Å². The van der Waals surface area contributed by atoms with E-state index in [1.807, 2.05) is 30.3 Å². The first kappa shape index (κ1) is 18.2. The minimum absolute atomic E-state index is 0.0875. The zero-order valence-electron chi connectivity index (χ0n) is 15.0. The average molecular weight is 386 g/mol. The van der Waals surface area contributed by atoms with Crippen LogP contribution in [0.3, 0.4) is 0 Å². The normalized spacial score (nSPS) is 21.6. The van der Waals surface area contributed by atoms with E-state index in [0.29, 0.717) is 32.7 Å². The van der Waals surface area contributed by atoms with Gasteiger partial charge in [0.2, 0.25) is 15.9 Å². The molecule has 2 aliphatic heterocycles. The van der Waals surface area contributed by atoms with Crippen molar-refractivity contribution in [1.29, 1.82) is 0 Å². The molecule has 2 aromatic carbocycles. The second kappa shape index (κ2) is 7.42. The van der Waals surface area contributed by atoms with E-state index in [9.17, 15) is 13.2 Å². The molecule has 0 aliphatic carbocycles. The third-order valence-corrected chi connectivity index (χ3v) is 6.94. The smallest absolute Gasteiger partial charge is 0.243 e. The van der Waals surface area contributed by atoms with Crippen LogP contribution >= 0.6 is 0 Å². The zero-order chi connectivity index (χ0) is 18.9. The summed E-state index contributed by atoms with van der Waals surface area (Å²) in [7, 11) is -3.61. The Morgan fingerprint density at radius 3 is 2.37 bits per heavy atom. The Morgan fingerprint density at radius 1 is 0.963 bits per heavy atom. The van der Waals surface area contributed by atoms with Crippen LogP contribution in [0.15, 0.2) is 59.5 Å². The van der Waals surface area contributed by atoms with Crippen molar-refractivity contribution in [2.24, 2.45) is 0 Å². The average Bonchev–Trinajstić information content (AvgIpc) is 3.15. The highest BCUT2D eigenvalue weighted by Gasteiger charge is 2.31. The summed E-state index contributed by atoms with van der Waals surface area (Å²) in [6.07, 6.45) is 1.12. The molecule has 2 aromatic rings. The number of carbonyl (C=O) groups is 1. The highest BCUT2D eigenvalue weighted by atomic mass is 32.2. The molecule has 2 saturated heterocycles. The van der Waals surface area contributed by atoms with E-state index in [1.165, 1.54) is 4.31 Å². The lowest BCUT2D eigenvalue weighted by molar-refractivity contribution is -0.117. The SMILES string of the molecule is O=C1CCCN1c1ccc(S(=O)(=O)N2CCOC(c3ccccc3)C2)cc1. The molecule has 0 radical (unpaired) electrons. The first-order chi connectivity index (χ1) is 13.1. The van der Waals surface area contributed by atoms with Crippen LogP contribution in [0.4, 0.5) is 5.69 Å². The van der Waals surface area contributed by atoms with Gasteiger partial charge in [-0.15, -0.1) is 0 Å². The van der Waals surface area contributed by atoms with Gasteiger partial charge in [-0.1, -0.05) is 30.3 Å². The first-order valence-corrected chi connectivity index (χ1v) is 10.6. The number of ether oxygens (including phenoxy) is 1. The Labute approximate surface area is 159 Å². The van der Waals surface area contributed by atoms with Gasteiger partial charge in [0.25, 0.3) is 0 Å². The maximum absolute atomic E-state index is 13.1. The van der Waals surface area contributed by atoms with Crippen LogP contribution < -0.4 is 4.90 Å². The van der Waals surface area contributed by atoms with Crippen molar-refractivity contribution in [2.75, 3.05) is 31.1 Å². The molecule has 142 valence electrons. The molecule has 0 aromatic heterocycles. The predicted molar refractivity (Wildman–Crippen MR) is 102 cm³/mol. The van der Waals surface area contributed by atoms with Gasteiger partial charge in [-0.2, -0.15) is 4.31 Å². The summed E-state index contributed by atoms with van der Waals surface area (Å²) < 4.78 is 33.4. The molecule has 2 fully saturated rings. The fourth-order valence-corrected chi connectivity index (χ4v) is 5.01. The number of morpholine rings is 1. The van der Waals surface area contributed by atoms with E-state index in [4.69, 9.17) is 4.74 Å². The molecule has 0 bridgehead atoms. The van der Waals surface area contributed by atoms with Gasteiger partial charge in [0.1, 0.15) is 0 Å². The lowest BCUT2D eigenvalue weighted by Crippen LogP contribution is -2.42. The molecule has 1 amide bonds. The summed E-state index contributed by atoms with van der Waals surface area (Å²) in [6.45, 7) is 1.67. The van der Waals surface area contributed by atoms with Crippen LogP contribution in [0.5, 0.6) is 0 Å². The third-order valence-electron chi connectivity index (χ3n) is 5.06. The maximum atomic E-state index is 13.1. The summed E-state index contributed by atoms with van der Waals surface area (Å²) in [4.78, 5) is 13.8. The fraction of sp³-hybridized carbons (Fsp3) is 0.350. The Kier molecular flexibility index (Phi) is 4.99. The molecule has 7 heteroatoms. The molecule has 6 nitrogen and oxygen atoms in total. The molecular weight excluding hydrogens is 364 g/mol. The summed E-state index contributed by atoms with van der Waals surface area (Å²) >= 11 is 0. The fourth-order valence-electron chi connectivity index (χ4n) is 3.58. The van der Waals surface area contributed by atoms with Gasteiger partial charge in [-0.05, 0) is 36.2 Å². The van der Waals surface area contributed by atoms with Crippen molar-refractivity contribution in [3.8, 4) is 0 Å². The lowest BCUT2D eigenvalue weighted by Gasteiger charge is -2.32. The zero-order valence-corrected chi connectivity index (χ0v) is 15.8. The Bertz CT molecular complexity index is 913. The van der Waals surface area contributed by atoms with Crippen LogP contribution in [-0.4, -0.2) is 44.9 Å². The number of amides is 1. The van der Waals surface area contributed by atoms with Crippen LogP contribution in [0.25, 0.3) is 0 Å². The molecule has 4 rings (SSSR count). The number of anilines is 1. The van der Waals surface area contributed by atoms with E-state index < -0.39 is 10.0 Å². The lowest BCUT2D eigenvalue weighted by atomic mass is 10.1. The van der Waals surface area contributed by atoms with Gasteiger partial charge in [-0.3, -0.25) is 4.79 Å². The van der Waals surface area contributed by atoms with Crippen molar-refractivity contribution in [1.82, 2.24) is 4.31 Å². The van der Waals surface area contributed by atoms with E-state index in [2.05, 4.69) is 0 Å². The number of carbonyl (C=O) groups excluding carboxylic acids is 1. The van der Waals surface area contributed by atoms with Crippen molar-refractivity contribution in [3.05, 3.63) is 60.2 Å². The quantitative estimate of drug-likeness (QED) is 0.810. The van der Waals surface area contributed by atoms with Gasteiger partial charge in [0.15, 0.2) is 0 Å². The van der Waals surface area contributed by atoms with Crippen LogP contribution in [0.2, 0.25) is 0 Å². The van der Waals surface area contributed by atoms with E-state index >= 15 is 0 Å². The maximum Gasteiger partial charge on any atom is 0.243 e. The third kappa shape index (κ3) is 3.63. The van der Waals surface area contributed by atoms with Crippen molar-refractivity contribution < 1.29 is 17.9 Å². The molecule has 2 aliphatic rings.